The summed E-state index contributed by atoms with van der Waals surface area (Å²) < 4.78 is 28.0. The predicted octanol–water partition coefficient (Wildman–Crippen LogP) is 2.46. The first-order chi connectivity index (χ1) is 10.1. The van der Waals surface area contributed by atoms with Crippen LogP contribution in [0.4, 0.5) is 0 Å². The lowest BCUT2D eigenvalue weighted by Crippen LogP contribution is -2.49. The molecule has 2 bridgehead atoms. The predicted molar refractivity (Wildman–Crippen MR) is 85.9 cm³/mol. The number of hydrogen-bond donors (Lipinski definition) is 2. The SMILES string of the molecule is Cc1ccc(S(=O)(=O)N[C@H]2[C@H]3CC[C@@](C)([C@H]2O)C3(C)C)cc1. The van der Waals surface area contributed by atoms with E-state index in [1.165, 1.54) is 0 Å². The van der Waals surface area contributed by atoms with Gasteiger partial charge in [0, 0.05) is 5.41 Å². The number of benzene rings is 1. The molecule has 0 aromatic heterocycles. The minimum absolute atomic E-state index is 0.0626. The Kier molecular flexibility index (Phi) is 3.48. The lowest BCUT2D eigenvalue weighted by molar-refractivity contribution is 0.00348. The Morgan fingerprint density at radius 1 is 1.18 bits per heavy atom. The van der Waals surface area contributed by atoms with Gasteiger partial charge in [0.2, 0.25) is 10.0 Å². The van der Waals surface area contributed by atoms with Crippen LogP contribution in [0.15, 0.2) is 29.2 Å². The van der Waals surface area contributed by atoms with Crippen LogP contribution in [-0.2, 0) is 10.0 Å². The van der Waals surface area contributed by atoms with Crippen LogP contribution in [0.1, 0.15) is 39.2 Å². The van der Waals surface area contributed by atoms with E-state index in [1.807, 2.05) is 6.92 Å². The molecule has 2 aliphatic rings. The highest BCUT2D eigenvalue weighted by molar-refractivity contribution is 7.89. The summed E-state index contributed by atoms with van der Waals surface area (Å²) >= 11 is 0. The Labute approximate surface area is 133 Å². The van der Waals surface area contributed by atoms with Crippen LogP contribution in [-0.4, -0.2) is 25.7 Å². The van der Waals surface area contributed by atoms with E-state index >= 15 is 0 Å². The van der Waals surface area contributed by atoms with E-state index in [-0.39, 0.29) is 21.6 Å². The van der Waals surface area contributed by atoms with Crippen molar-refractivity contribution >= 4 is 10.0 Å². The zero-order valence-corrected chi connectivity index (χ0v) is 14.4. The topological polar surface area (TPSA) is 66.4 Å². The fraction of sp³-hybridized carbons (Fsp3) is 0.647. The number of aryl methyl sites for hydroxylation is 1. The molecule has 5 heteroatoms. The molecule has 1 aromatic carbocycles. The molecule has 2 N–H and O–H groups in total. The average Bonchev–Trinajstić information content (AvgIpc) is 2.73. The number of sulfonamides is 1. The summed E-state index contributed by atoms with van der Waals surface area (Å²) in [6, 6.07) is 6.41. The Morgan fingerprint density at radius 3 is 2.27 bits per heavy atom. The summed E-state index contributed by atoms with van der Waals surface area (Å²) in [5, 5.41) is 10.7. The monoisotopic (exact) mass is 323 g/mol. The molecular formula is C17H25NO3S. The molecule has 3 rings (SSSR count). The molecule has 0 spiro atoms. The van der Waals surface area contributed by atoms with Crippen molar-refractivity contribution < 1.29 is 13.5 Å². The summed E-state index contributed by atoms with van der Waals surface area (Å²) in [6.45, 7) is 8.30. The summed E-state index contributed by atoms with van der Waals surface area (Å²) in [5.41, 5.74) is 0.734. The van der Waals surface area contributed by atoms with Crippen LogP contribution >= 0.6 is 0 Å². The Bertz CT molecular complexity index is 680. The summed E-state index contributed by atoms with van der Waals surface area (Å²) in [5.74, 6) is 0.174. The van der Waals surface area contributed by atoms with Crippen molar-refractivity contribution in [3.63, 3.8) is 0 Å². The van der Waals surface area contributed by atoms with E-state index in [1.54, 1.807) is 24.3 Å². The molecule has 0 amide bonds. The van der Waals surface area contributed by atoms with Gasteiger partial charge in [0.15, 0.2) is 0 Å². The van der Waals surface area contributed by atoms with Crippen molar-refractivity contribution in [1.82, 2.24) is 4.72 Å². The first-order valence-corrected chi connectivity index (χ1v) is 9.35. The van der Waals surface area contributed by atoms with Crippen molar-refractivity contribution in [1.29, 1.82) is 0 Å². The fourth-order valence-corrected chi connectivity index (χ4v) is 5.73. The second-order valence-corrected chi connectivity index (χ2v) is 9.40. The van der Waals surface area contributed by atoms with Crippen molar-refractivity contribution in [3.05, 3.63) is 29.8 Å². The quantitative estimate of drug-likeness (QED) is 0.898. The molecule has 0 aliphatic heterocycles. The lowest BCUT2D eigenvalue weighted by Gasteiger charge is -2.37. The molecule has 2 fully saturated rings. The molecule has 4 atom stereocenters. The highest BCUT2D eigenvalue weighted by Crippen LogP contribution is 2.65. The minimum Gasteiger partial charge on any atom is -0.391 e. The molecular weight excluding hydrogens is 298 g/mol. The van der Waals surface area contributed by atoms with Crippen LogP contribution < -0.4 is 4.72 Å². The number of aliphatic hydroxyl groups is 1. The molecule has 122 valence electrons. The third-order valence-corrected chi connectivity index (χ3v) is 7.90. The van der Waals surface area contributed by atoms with E-state index in [0.717, 1.165) is 18.4 Å². The number of aliphatic hydroxyl groups excluding tert-OH is 1. The van der Waals surface area contributed by atoms with Crippen LogP contribution in [0, 0.1) is 23.7 Å². The lowest BCUT2D eigenvalue weighted by atomic mass is 9.70. The highest BCUT2D eigenvalue weighted by Gasteiger charge is 2.66. The number of hydrogen-bond acceptors (Lipinski definition) is 3. The Morgan fingerprint density at radius 2 is 1.77 bits per heavy atom. The average molecular weight is 323 g/mol. The van der Waals surface area contributed by atoms with Gasteiger partial charge in [-0.25, -0.2) is 13.1 Å². The highest BCUT2D eigenvalue weighted by atomic mass is 32.2. The van der Waals surface area contributed by atoms with E-state index < -0.39 is 22.2 Å². The zero-order valence-electron chi connectivity index (χ0n) is 13.6. The number of fused-ring (bicyclic) bond motifs is 2. The molecule has 0 heterocycles. The van der Waals surface area contributed by atoms with Gasteiger partial charge in [-0.05, 0) is 43.2 Å². The maximum atomic E-state index is 12.6. The molecule has 2 saturated carbocycles. The Balaban J connectivity index is 1.89. The molecule has 0 radical (unpaired) electrons. The van der Waals surface area contributed by atoms with Gasteiger partial charge in [-0.3, -0.25) is 0 Å². The standard InChI is InChI=1S/C17H25NO3S/c1-11-5-7-12(8-6-11)22(20,21)18-14-13-9-10-17(4,15(14)19)16(13,2)3/h5-8,13-15,18-19H,9-10H2,1-4H3/t13-,14+,15+,17+/m1/s1. The van der Waals surface area contributed by atoms with Gasteiger partial charge in [-0.1, -0.05) is 38.5 Å². The second kappa shape index (κ2) is 4.79. The van der Waals surface area contributed by atoms with Gasteiger partial charge >= 0.3 is 0 Å². The van der Waals surface area contributed by atoms with Crippen LogP contribution in [0.5, 0.6) is 0 Å². The van der Waals surface area contributed by atoms with E-state index in [9.17, 15) is 13.5 Å². The van der Waals surface area contributed by atoms with Gasteiger partial charge in [-0.15, -0.1) is 0 Å². The van der Waals surface area contributed by atoms with Gasteiger partial charge in [0.25, 0.3) is 0 Å². The van der Waals surface area contributed by atoms with E-state index in [4.69, 9.17) is 0 Å². The normalized spacial score (nSPS) is 36.7. The zero-order chi connectivity index (χ0) is 16.3. The van der Waals surface area contributed by atoms with Gasteiger partial charge in [0.1, 0.15) is 0 Å². The van der Waals surface area contributed by atoms with E-state index in [0.29, 0.717) is 0 Å². The summed E-state index contributed by atoms with van der Waals surface area (Å²) in [6.07, 6.45) is 1.28. The molecule has 0 saturated heterocycles. The van der Waals surface area contributed by atoms with Gasteiger partial charge in [0.05, 0.1) is 17.0 Å². The third kappa shape index (κ3) is 2.06. The van der Waals surface area contributed by atoms with Crippen molar-refractivity contribution in [2.45, 2.75) is 57.6 Å². The Hall–Kier alpha value is -0.910. The first kappa shape index (κ1) is 16.0. The molecule has 1 aromatic rings. The molecule has 0 unspecified atom stereocenters. The number of rotatable bonds is 3. The van der Waals surface area contributed by atoms with Crippen LogP contribution in [0.3, 0.4) is 0 Å². The van der Waals surface area contributed by atoms with Gasteiger partial charge in [-0.2, -0.15) is 0 Å². The minimum atomic E-state index is -3.60. The van der Waals surface area contributed by atoms with Crippen molar-refractivity contribution in [2.24, 2.45) is 16.7 Å². The molecule has 2 aliphatic carbocycles. The van der Waals surface area contributed by atoms with Crippen LogP contribution in [0.25, 0.3) is 0 Å². The third-order valence-electron chi connectivity index (χ3n) is 6.42. The molecule has 22 heavy (non-hydrogen) atoms. The van der Waals surface area contributed by atoms with Crippen LogP contribution in [0.2, 0.25) is 0 Å². The first-order valence-electron chi connectivity index (χ1n) is 7.87. The number of nitrogens with one attached hydrogen (secondary N) is 1. The van der Waals surface area contributed by atoms with Crippen molar-refractivity contribution in [2.75, 3.05) is 0 Å². The second-order valence-electron chi connectivity index (χ2n) is 7.69. The maximum absolute atomic E-state index is 12.6. The van der Waals surface area contributed by atoms with Gasteiger partial charge < -0.3 is 5.11 Å². The fourth-order valence-electron chi connectivity index (χ4n) is 4.45. The maximum Gasteiger partial charge on any atom is 0.240 e. The summed E-state index contributed by atoms with van der Waals surface area (Å²) in [4.78, 5) is 0.260. The van der Waals surface area contributed by atoms with E-state index in [2.05, 4.69) is 25.5 Å². The van der Waals surface area contributed by atoms with Crippen molar-refractivity contribution in [3.8, 4) is 0 Å². The largest absolute Gasteiger partial charge is 0.391 e. The smallest absolute Gasteiger partial charge is 0.240 e. The summed E-state index contributed by atoms with van der Waals surface area (Å²) in [7, 11) is -3.60. The molecule has 4 nitrogen and oxygen atoms in total.